The van der Waals surface area contributed by atoms with Crippen molar-refractivity contribution in [1.29, 1.82) is 0 Å². The van der Waals surface area contributed by atoms with Crippen LogP contribution in [0.3, 0.4) is 0 Å². The first kappa shape index (κ1) is 28.8. The van der Waals surface area contributed by atoms with E-state index in [1.807, 2.05) is 66.7 Å². The van der Waals surface area contributed by atoms with Crippen LogP contribution in [0.25, 0.3) is 0 Å². The van der Waals surface area contributed by atoms with Crippen molar-refractivity contribution in [3.63, 3.8) is 0 Å². The Hall–Kier alpha value is -2.18. The average Bonchev–Trinajstić information content (AvgIpc) is 3.42. The zero-order chi connectivity index (χ0) is 26.9. The molecule has 1 atom stereocenters. The van der Waals surface area contributed by atoms with Gasteiger partial charge in [0.05, 0.1) is 15.8 Å². The topological polar surface area (TPSA) is 49.4 Å². The highest BCUT2D eigenvalue weighted by atomic mass is 35.5. The van der Waals surface area contributed by atoms with E-state index in [1.54, 1.807) is 11.0 Å². The number of halogens is 3. The fourth-order valence-corrected chi connectivity index (χ4v) is 6.07. The quantitative estimate of drug-likeness (QED) is 0.251. The molecule has 1 fully saturated rings. The summed E-state index contributed by atoms with van der Waals surface area (Å²) < 4.78 is 0. The molecule has 4 rings (SSSR count). The molecule has 1 aliphatic carbocycles. The van der Waals surface area contributed by atoms with E-state index in [2.05, 4.69) is 5.32 Å². The maximum Gasteiger partial charge on any atom is 0.243 e. The molecular weight excluding hydrogens is 559 g/mol. The zero-order valence-corrected chi connectivity index (χ0v) is 24.1. The smallest absolute Gasteiger partial charge is 0.243 e. The molecule has 1 N–H and O–H groups in total. The Balaban J connectivity index is 1.57. The van der Waals surface area contributed by atoms with Crippen molar-refractivity contribution in [3.05, 3.63) is 105 Å². The standard InChI is InChI=1S/C30H31Cl3N2O2S/c31-25-13-7-4-10-23(25)18-35(29(36)20-38-19-22-14-15-26(32)27(33)16-22)28(17-21-8-2-1-3-9-21)30(37)34-24-11-5-6-12-24/h1-4,7-10,13-16,24,28H,5-6,11-12,17-20H2,(H,34,37). The number of hydrogen-bond acceptors (Lipinski definition) is 3. The second-order valence-corrected chi connectivity index (χ2v) is 11.8. The first-order valence-corrected chi connectivity index (χ1v) is 15.1. The Morgan fingerprint density at radius 2 is 1.58 bits per heavy atom. The molecule has 1 unspecified atom stereocenters. The predicted octanol–water partition coefficient (Wildman–Crippen LogP) is 7.58. The van der Waals surface area contributed by atoms with Crippen LogP contribution in [-0.2, 0) is 28.3 Å². The monoisotopic (exact) mass is 588 g/mol. The minimum absolute atomic E-state index is 0.113. The Kier molecular flexibility index (Phi) is 10.8. The van der Waals surface area contributed by atoms with Crippen molar-refractivity contribution in [2.45, 2.75) is 56.5 Å². The largest absolute Gasteiger partial charge is 0.352 e. The maximum atomic E-state index is 13.8. The fourth-order valence-electron chi connectivity index (χ4n) is 4.70. The Morgan fingerprint density at radius 3 is 2.29 bits per heavy atom. The van der Waals surface area contributed by atoms with Crippen molar-refractivity contribution in [2.75, 3.05) is 5.75 Å². The number of carbonyl (C=O) groups excluding carboxylic acids is 2. The molecule has 0 bridgehead atoms. The van der Waals surface area contributed by atoms with Crippen molar-refractivity contribution in [1.82, 2.24) is 10.2 Å². The molecule has 200 valence electrons. The summed E-state index contributed by atoms with van der Waals surface area (Å²) in [6, 6.07) is 22.3. The molecule has 0 spiro atoms. The minimum atomic E-state index is -0.660. The first-order chi connectivity index (χ1) is 18.4. The lowest BCUT2D eigenvalue weighted by Crippen LogP contribution is -2.52. The van der Waals surface area contributed by atoms with Crippen LogP contribution in [0.15, 0.2) is 72.8 Å². The predicted molar refractivity (Wildman–Crippen MR) is 159 cm³/mol. The third kappa shape index (κ3) is 8.16. The Morgan fingerprint density at radius 1 is 0.868 bits per heavy atom. The molecule has 0 heterocycles. The second kappa shape index (κ2) is 14.3. The Labute approximate surface area is 244 Å². The van der Waals surface area contributed by atoms with E-state index in [-0.39, 0.29) is 30.2 Å². The lowest BCUT2D eigenvalue weighted by molar-refractivity contribution is -0.139. The van der Waals surface area contributed by atoms with E-state index in [4.69, 9.17) is 34.8 Å². The van der Waals surface area contributed by atoms with Gasteiger partial charge >= 0.3 is 0 Å². The molecule has 1 saturated carbocycles. The molecule has 3 aromatic rings. The van der Waals surface area contributed by atoms with Crippen LogP contribution in [0, 0.1) is 0 Å². The molecule has 3 aromatic carbocycles. The molecule has 2 amide bonds. The molecule has 38 heavy (non-hydrogen) atoms. The molecule has 0 saturated heterocycles. The highest BCUT2D eigenvalue weighted by Crippen LogP contribution is 2.26. The van der Waals surface area contributed by atoms with Gasteiger partial charge in [-0.2, -0.15) is 0 Å². The van der Waals surface area contributed by atoms with Gasteiger partial charge in [0.1, 0.15) is 6.04 Å². The van der Waals surface area contributed by atoms with E-state index < -0.39 is 6.04 Å². The number of hydrogen-bond donors (Lipinski definition) is 1. The normalized spacial score (nSPS) is 14.3. The highest BCUT2D eigenvalue weighted by Gasteiger charge is 2.32. The van der Waals surface area contributed by atoms with Crippen LogP contribution >= 0.6 is 46.6 Å². The summed E-state index contributed by atoms with van der Waals surface area (Å²) >= 11 is 20.2. The number of rotatable bonds is 11. The molecule has 0 radical (unpaired) electrons. The van der Waals surface area contributed by atoms with Gasteiger partial charge in [0.15, 0.2) is 0 Å². The van der Waals surface area contributed by atoms with Gasteiger partial charge in [-0.1, -0.05) is 102 Å². The zero-order valence-electron chi connectivity index (χ0n) is 21.0. The molecule has 0 aliphatic heterocycles. The molecule has 8 heteroatoms. The number of benzene rings is 3. The van der Waals surface area contributed by atoms with Crippen molar-refractivity contribution >= 4 is 58.4 Å². The summed E-state index contributed by atoms with van der Waals surface area (Å²) in [5, 5.41) is 4.79. The summed E-state index contributed by atoms with van der Waals surface area (Å²) in [5.74, 6) is 0.584. The summed E-state index contributed by atoms with van der Waals surface area (Å²) in [6.07, 6.45) is 4.60. The minimum Gasteiger partial charge on any atom is -0.352 e. The van der Waals surface area contributed by atoms with E-state index in [0.717, 1.165) is 42.4 Å². The van der Waals surface area contributed by atoms with Crippen LogP contribution in [0.4, 0.5) is 0 Å². The third-order valence-corrected chi connectivity index (χ3v) is 8.85. The van der Waals surface area contributed by atoms with Gasteiger partial charge < -0.3 is 10.2 Å². The number of thioether (sulfide) groups is 1. The summed E-state index contributed by atoms with van der Waals surface area (Å²) in [5.41, 5.74) is 2.79. The average molecular weight is 590 g/mol. The van der Waals surface area contributed by atoms with E-state index in [0.29, 0.717) is 27.2 Å². The molecule has 4 nitrogen and oxygen atoms in total. The Bertz CT molecular complexity index is 1240. The van der Waals surface area contributed by atoms with Gasteiger partial charge in [0, 0.05) is 29.8 Å². The van der Waals surface area contributed by atoms with E-state index in [1.165, 1.54) is 11.8 Å². The third-order valence-electron chi connectivity index (χ3n) is 6.75. The van der Waals surface area contributed by atoms with Gasteiger partial charge in [-0.25, -0.2) is 0 Å². The van der Waals surface area contributed by atoms with Gasteiger partial charge in [-0.05, 0) is 47.7 Å². The van der Waals surface area contributed by atoms with E-state index in [9.17, 15) is 9.59 Å². The second-order valence-electron chi connectivity index (χ2n) is 9.55. The number of amides is 2. The highest BCUT2D eigenvalue weighted by molar-refractivity contribution is 7.99. The number of carbonyl (C=O) groups is 2. The number of nitrogens with one attached hydrogen (secondary N) is 1. The fraction of sp³-hybridized carbons (Fsp3) is 0.333. The van der Waals surface area contributed by atoms with Crippen molar-refractivity contribution < 1.29 is 9.59 Å². The summed E-state index contributed by atoms with van der Waals surface area (Å²) in [6.45, 7) is 0.251. The number of nitrogens with zero attached hydrogens (tertiary/aromatic N) is 1. The maximum absolute atomic E-state index is 13.8. The van der Waals surface area contributed by atoms with Crippen molar-refractivity contribution in [3.8, 4) is 0 Å². The first-order valence-electron chi connectivity index (χ1n) is 12.8. The van der Waals surface area contributed by atoms with Gasteiger partial charge in [0.25, 0.3) is 0 Å². The van der Waals surface area contributed by atoms with Crippen molar-refractivity contribution in [2.24, 2.45) is 0 Å². The lowest BCUT2D eigenvalue weighted by Gasteiger charge is -2.32. The van der Waals surface area contributed by atoms with Crippen LogP contribution < -0.4 is 5.32 Å². The molecule has 0 aromatic heterocycles. The lowest BCUT2D eigenvalue weighted by atomic mass is 10.0. The van der Waals surface area contributed by atoms with Gasteiger partial charge in [-0.3, -0.25) is 9.59 Å². The molecule has 1 aliphatic rings. The van der Waals surface area contributed by atoms with Gasteiger partial charge in [0.2, 0.25) is 11.8 Å². The van der Waals surface area contributed by atoms with Crippen LogP contribution in [0.1, 0.15) is 42.4 Å². The summed E-state index contributed by atoms with van der Waals surface area (Å²) in [7, 11) is 0. The van der Waals surface area contributed by atoms with Crippen LogP contribution in [0.2, 0.25) is 15.1 Å². The van der Waals surface area contributed by atoms with E-state index >= 15 is 0 Å². The molecular formula is C30H31Cl3N2O2S. The summed E-state index contributed by atoms with van der Waals surface area (Å²) in [4.78, 5) is 29.2. The van der Waals surface area contributed by atoms with Crippen LogP contribution in [-0.4, -0.2) is 34.6 Å². The van der Waals surface area contributed by atoms with Gasteiger partial charge in [-0.15, -0.1) is 11.8 Å². The van der Waals surface area contributed by atoms with Crippen LogP contribution in [0.5, 0.6) is 0 Å². The SMILES string of the molecule is O=C(NC1CCCC1)C(Cc1ccccc1)N(Cc1ccccc1Cl)C(=O)CSCc1ccc(Cl)c(Cl)c1.